The maximum absolute atomic E-state index is 12.5. The Morgan fingerprint density at radius 1 is 1.33 bits per heavy atom. The van der Waals surface area contributed by atoms with Crippen molar-refractivity contribution >= 4 is 27.3 Å². The molecule has 1 fully saturated rings. The number of carbonyl (C=O) groups excluding carboxylic acids is 1. The maximum atomic E-state index is 12.5. The second kappa shape index (κ2) is 5.78. The lowest BCUT2D eigenvalue weighted by molar-refractivity contribution is 0.0884. The fraction of sp³-hybridized carbons (Fsp3) is 0.471. The minimum Gasteiger partial charge on any atom is -0.396 e. The number of benzene rings is 1. The van der Waals surface area contributed by atoms with Crippen LogP contribution in [0, 0.1) is 12.3 Å². The van der Waals surface area contributed by atoms with Crippen LogP contribution in [0.15, 0.2) is 24.3 Å². The van der Waals surface area contributed by atoms with Crippen molar-refractivity contribution in [1.29, 1.82) is 0 Å². The predicted molar refractivity (Wildman–Crippen MR) is 86.9 cm³/mol. The number of aryl methyl sites for hydroxylation is 1. The van der Waals surface area contributed by atoms with Crippen LogP contribution in [0.5, 0.6) is 0 Å². The van der Waals surface area contributed by atoms with Crippen molar-refractivity contribution < 1.29 is 9.90 Å². The third kappa shape index (κ3) is 2.70. The zero-order chi connectivity index (χ0) is 14.9. The minimum absolute atomic E-state index is 0.00609. The van der Waals surface area contributed by atoms with Gasteiger partial charge in [0.1, 0.15) is 0 Å². The van der Waals surface area contributed by atoms with Gasteiger partial charge in [0.15, 0.2) is 0 Å². The molecule has 1 aliphatic rings. The number of rotatable bonds is 4. The SMILES string of the molecule is Cc1c(C(=O)NCC2(CO)CCCC2)sc2ccccc12. The van der Waals surface area contributed by atoms with Gasteiger partial charge in [-0.05, 0) is 36.8 Å². The van der Waals surface area contributed by atoms with Gasteiger partial charge >= 0.3 is 0 Å². The molecular weight excluding hydrogens is 282 g/mol. The Morgan fingerprint density at radius 2 is 2.05 bits per heavy atom. The molecule has 0 radical (unpaired) electrons. The van der Waals surface area contributed by atoms with Crippen LogP contribution in [0.4, 0.5) is 0 Å². The largest absolute Gasteiger partial charge is 0.396 e. The van der Waals surface area contributed by atoms with Crippen LogP contribution in [0.1, 0.15) is 40.9 Å². The number of fused-ring (bicyclic) bond motifs is 1. The summed E-state index contributed by atoms with van der Waals surface area (Å²) in [5.74, 6) is -0.00609. The smallest absolute Gasteiger partial charge is 0.261 e. The van der Waals surface area contributed by atoms with Gasteiger partial charge < -0.3 is 10.4 Å². The van der Waals surface area contributed by atoms with E-state index in [1.807, 2.05) is 19.1 Å². The first kappa shape index (κ1) is 14.5. The first-order valence-electron chi connectivity index (χ1n) is 7.52. The lowest BCUT2D eigenvalue weighted by atomic mass is 9.87. The molecule has 1 amide bonds. The Labute approximate surface area is 129 Å². The van der Waals surface area contributed by atoms with Crippen molar-refractivity contribution in [3.63, 3.8) is 0 Å². The van der Waals surface area contributed by atoms with E-state index in [4.69, 9.17) is 0 Å². The first-order valence-corrected chi connectivity index (χ1v) is 8.34. The van der Waals surface area contributed by atoms with E-state index in [1.165, 1.54) is 0 Å². The van der Waals surface area contributed by atoms with E-state index in [1.54, 1.807) is 11.3 Å². The van der Waals surface area contributed by atoms with Gasteiger partial charge in [-0.25, -0.2) is 0 Å². The summed E-state index contributed by atoms with van der Waals surface area (Å²) < 4.78 is 1.15. The summed E-state index contributed by atoms with van der Waals surface area (Å²) in [6, 6.07) is 8.11. The summed E-state index contributed by atoms with van der Waals surface area (Å²) >= 11 is 1.55. The van der Waals surface area contributed by atoms with Gasteiger partial charge in [0, 0.05) is 16.7 Å². The molecule has 3 rings (SSSR count). The van der Waals surface area contributed by atoms with E-state index in [0.717, 1.165) is 46.2 Å². The fourth-order valence-corrected chi connectivity index (χ4v) is 4.38. The molecule has 21 heavy (non-hydrogen) atoms. The Kier molecular flexibility index (Phi) is 4.00. The highest BCUT2D eigenvalue weighted by molar-refractivity contribution is 7.21. The van der Waals surface area contributed by atoms with Crippen LogP contribution >= 0.6 is 11.3 Å². The van der Waals surface area contributed by atoms with E-state index in [-0.39, 0.29) is 17.9 Å². The molecule has 1 aromatic carbocycles. The number of amides is 1. The molecule has 2 aromatic rings. The molecule has 1 aliphatic carbocycles. The monoisotopic (exact) mass is 303 g/mol. The molecule has 0 spiro atoms. The number of nitrogens with one attached hydrogen (secondary N) is 1. The van der Waals surface area contributed by atoms with Gasteiger partial charge in [-0.15, -0.1) is 11.3 Å². The van der Waals surface area contributed by atoms with Crippen molar-refractivity contribution in [1.82, 2.24) is 5.32 Å². The van der Waals surface area contributed by atoms with Gasteiger partial charge in [0.2, 0.25) is 0 Å². The average molecular weight is 303 g/mol. The van der Waals surface area contributed by atoms with Crippen LogP contribution in [-0.4, -0.2) is 24.2 Å². The molecule has 1 saturated carbocycles. The summed E-state index contributed by atoms with van der Waals surface area (Å²) in [6.45, 7) is 2.75. The van der Waals surface area contributed by atoms with Crippen molar-refractivity contribution in [3.8, 4) is 0 Å². The summed E-state index contributed by atoms with van der Waals surface area (Å²) in [5, 5.41) is 13.8. The molecule has 0 saturated heterocycles. The zero-order valence-electron chi connectivity index (χ0n) is 12.3. The first-order chi connectivity index (χ1) is 10.2. The van der Waals surface area contributed by atoms with Crippen LogP contribution < -0.4 is 5.32 Å². The van der Waals surface area contributed by atoms with Gasteiger partial charge in [0.05, 0.1) is 11.5 Å². The maximum Gasteiger partial charge on any atom is 0.261 e. The summed E-state index contributed by atoms with van der Waals surface area (Å²) in [6.07, 6.45) is 4.32. The summed E-state index contributed by atoms with van der Waals surface area (Å²) in [5.41, 5.74) is 0.956. The summed E-state index contributed by atoms with van der Waals surface area (Å²) in [7, 11) is 0. The van der Waals surface area contributed by atoms with Crippen LogP contribution in [0.2, 0.25) is 0 Å². The number of carbonyl (C=O) groups is 1. The third-order valence-electron chi connectivity index (χ3n) is 4.67. The molecule has 4 heteroatoms. The quantitative estimate of drug-likeness (QED) is 0.908. The van der Waals surface area contributed by atoms with E-state index in [0.29, 0.717) is 6.54 Å². The van der Waals surface area contributed by atoms with Crippen molar-refractivity contribution in [3.05, 3.63) is 34.7 Å². The molecule has 2 N–H and O–H groups in total. The fourth-order valence-electron chi connectivity index (χ4n) is 3.25. The van der Waals surface area contributed by atoms with Gasteiger partial charge in [0.25, 0.3) is 5.91 Å². The predicted octanol–water partition coefficient (Wildman–Crippen LogP) is 3.49. The number of hydrogen-bond acceptors (Lipinski definition) is 3. The average Bonchev–Trinajstić information content (AvgIpc) is 3.11. The van der Waals surface area contributed by atoms with E-state index in [2.05, 4.69) is 17.4 Å². The highest BCUT2D eigenvalue weighted by Crippen LogP contribution is 2.37. The van der Waals surface area contributed by atoms with Gasteiger partial charge in [-0.2, -0.15) is 0 Å². The number of aliphatic hydroxyl groups excluding tert-OH is 1. The molecule has 1 aromatic heterocycles. The highest BCUT2D eigenvalue weighted by Gasteiger charge is 2.33. The second-order valence-corrected chi connectivity index (χ2v) is 7.15. The molecule has 0 atom stereocenters. The molecule has 112 valence electrons. The van der Waals surface area contributed by atoms with Gasteiger partial charge in [-0.3, -0.25) is 4.79 Å². The normalized spacial score (nSPS) is 17.2. The van der Waals surface area contributed by atoms with Crippen LogP contribution in [0.25, 0.3) is 10.1 Å². The Balaban J connectivity index is 1.76. The minimum atomic E-state index is -0.0970. The summed E-state index contributed by atoms with van der Waals surface area (Å²) in [4.78, 5) is 13.3. The lowest BCUT2D eigenvalue weighted by Crippen LogP contribution is -2.38. The van der Waals surface area contributed by atoms with Gasteiger partial charge in [-0.1, -0.05) is 31.0 Å². The van der Waals surface area contributed by atoms with Crippen molar-refractivity contribution in [2.75, 3.05) is 13.2 Å². The molecule has 0 aliphatic heterocycles. The Morgan fingerprint density at radius 3 is 2.71 bits per heavy atom. The molecule has 0 bridgehead atoms. The molecular formula is C17H21NO2S. The van der Waals surface area contributed by atoms with E-state index >= 15 is 0 Å². The van der Waals surface area contributed by atoms with Crippen molar-refractivity contribution in [2.24, 2.45) is 5.41 Å². The van der Waals surface area contributed by atoms with Crippen molar-refractivity contribution in [2.45, 2.75) is 32.6 Å². The van der Waals surface area contributed by atoms with Crippen LogP contribution in [0.3, 0.4) is 0 Å². The molecule has 3 nitrogen and oxygen atoms in total. The third-order valence-corrected chi connectivity index (χ3v) is 5.95. The Bertz CT molecular complexity index is 656. The molecule has 1 heterocycles. The molecule has 0 unspecified atom stereocenters. The van der Waals surface area contributed by atoms with Crippen LogP contribution in [-0.2, 0) is 0 Å². The van der Waals surface area contributed by atoms with E-state index < -0.39 is 0 Å². The van der Waals surface area contributed by atoms with E-state index in [9.17, 15) is 9.90 Å². The number of aliphatic hydroxyl groups is 1. The number of thiophene rings is 1. The lowest BCUT2D eigenvalue weighted by Gasteiger charge is -2.26. The topological polar surface area (TPSA) is 49.3 Å². The second-order valence-electron chi connectivity index (χ2n) is 6.10. The zero-order valence-corrected chi connectivity index (χ0v) is 13.1. The Hall–Kier alpha value is -1.39. The highest BCUT2D eigenvalue weighted by atomic mass is 32.1. The number of hydrogen-bond donors (Lipinski definition) is 2. The standard InChI is InChI=1S/C17H21NO2S/c1-12-13-6-2-3-7-14(13)21-15(12)16(20)18-10-17(11-19)8-4-5-9-17/h2-3,6-7,19H,4-5,8-11H2,1H3,(H,18,20).